The number of carbonyl (C=O) groups is 1. The molecule has 4 nitrogen and oxygen atoms in total. The summed E-state index contributed by atoms with van der Waals surface area (Å²) in [6, 6.07) is 2.54. The zero-order valence-corrected chi connectivity index (χ0v) is 11.6. The fourth-order valence-corrected chi connectivity index (χ4v) is 3.27. The van der Waals surface area contributed by atoms with E-state index in [1.165, 1.54) is 37.4 Å². The molecule has 1 aromatic heterocycles. The Morgan fingerprint density at radius 2 is 2.28 bits per heavy atom. The molecule has 0 spiro atoms. The van der Waals surface area contributed by atoms with E-state index in [2.05, 4.69) is 22.8 Å². The van der Waals surface area contributed by atoms with Crippen LogP contribution in [0.25, 0.3) is 0 Å². The van der Waals surface area contributed by atoms with Crippen LogP contribution in [0.5, 0.6) is 0 Å². The molecule has 0 saturated heterocycles. The van der Waals surface area contributed by atoms with Crippen molar-refractivity contribution in [3.05, 3.63) is 11.8 Å². The van der Waals surface area contributed by atoms with Gasteiger partial charge in [-0.05, 0) is 25.3 Å². The van der Waals surface area contributed by atoms with Crippen molar-refractivity contribution >= 4 is 17.7 Å². The van der Waals surface area contributed by atoms with E-state index in [4.69, 9.17) is 5.11 Å². The molecule has 18 heavy (non-hydrogen) atoms. The van der Waals surface area contributed by atoms with E-state index in [1.807, 2.05) is 0 Å². The highest BCUT2D eigenvalue weighted by Crippen LogP contribution is 2.33. The number of carboxylic acids is 1. The van der Waals surface area contributed by atoms with Crippen LogP contribution < -0.4 is 0 Å². The minimum atomic E-state index is -0.767. The Bertz CT molecular complexity index is 411. The number of rotatable bonds is 6. The van der Waals surface area contributed by atoms with Gasteiger partial charge in [-0.1, -0.05) is 37.9 Å². The minimum absolute atomic E-state index is 0.115. The number of aryl methyl sites for hydroxylation is 1. The molecule has 100 valence electrons. The molecule has 1 fully saturated rings. The molecule has 0 aliphatic heterocycles. The topological polar surface area (TPSA) is 55.1 Å². The molecule has 0 unspecified atom stereocenters. The summed E-state index contributed by atoms with van der Waals surface area (Å²) in [6.45, 7) is 2.14. The monoisotopic (exact) mass is 268 g/mol. The van der Waals surface area contributed by atoms with Crippen LogP contribution in [-0.4, -0.2) is 26.6 Å². The van der Waals surface area contributed by atoms with Crippen molar-refractivity contribution in [1.82, 2.24) is 9.78 Å². The van der Waals surface area contributed by atoms with Crippen molar-refractivity contribution < 1.29 is 9.90 Å². The molecule has 1 saturated carbocycles. The molecule has 0 radical (unpaired) electrons. The second-order valence-electron chi connectivity index (χ2n) is 4.79. The van der Waals surface area contributed by atoms with Gasteiger partial charge in [-0.3, -0.25) is 9.48 Å². The summed E-state index contributed by atoms with van der Waals surface area (Å²) in [4.78, 5) is 10.7. The third kappa shape index (κ3) is 3.28. The van der Waals surface area contributed by atoms with Crippen LogP contribution in [0.1, 0.15) is 50.8 Å². The van der Waals surface area contributed by atoms with Crippen molar-refractivity contribution in [3.8, 4) is 0 Å². The summed E-state index contributed by atoms with van der Waals surface area (Å²) in [5, 5.41) is 14.5. The maximum Gasteiger partial charge on any atom is 0.313 e. The molecule has 0 atom stereocenters. The maximum atomic E-state index is 10.7. The zero-order valence-electron chi connectivity index (χ0n) is 10.8. The third-order valence-electron chi connectivity index (χ3n) is 3.27. The van der Waals surface area contributed by atoms with E-state index in [9.17, 15) is 4.79 Å². The second kappa shape index (κ2) is 6.27. The van der Waals surface area contributed by atoms with Gasteiger partial charge in [-0.25, -0.2) is 0 Å². The lowest BCUT2D eigenvalue weighted by molar-refractivity contribution is -0.133. The van der Waals surface area contributed by atoms with Crippen LogP contribution in [0.15, 0.2) is 11.1 Å². The number of nitrogens with zero attached hydrogens (tertiary/aromatic N) is 2. The van der Waals surface area contributed by atoms with Crippen LogP contribution in [-0.2, 0) is 11.2 Å². The highest BCUT2D eigenvalue weighted by molar-refractivity contribution is 7.99. The quantitative estimate of drug-likeness (QED) is 0.805. The predicted octanol–water partition coefficient (Wildman–Crippen LogP) is 3.13. The number of carboxylic acid groups (broad SMARTS) is 1. The summed E-state index contributed by atoms with van der Waals surface area (Å²) >= 11 is 1.39. The highest BCUT2D eigenvalue weighted by Gasteiger charge is 2.21. The van der Waals surface area contributed by atoms with Gasteiger partial charge in [0.2, 0.25) is 0 Å². The smallest absolute Gasteiger partial charge is 0.313 e. The van der Waals surface area contributed by atoms with Gasteiger partial charge >= 0.3 is 5.97 Å². The van der Waals surface area contributed by atoms with Gasteiger partial charge in [0.1, 0.15) is 0 Å². The Kier molecular flexibility index (Phi) is 4.69. The normalized spacial score (nSPS) is 16.3. The summed E-state index contributed by atoms with van der Waals surface area (Å²) < 4.78 is 2.08. The predicted molar refractivity (Wildman–Crippen MR) is 72.1 cm³/mol. The van der Waals surface area contributed by atoms with E-state index in [0.29, 0.717) is 6.04 Å². The van der Waals surface area contributed by atoms with Crippen LogP contribution in [0, 0.1) is 0 Å². The number of aliphatic carboxylic acids is 1. The third-order valence-corrected chi connectivity index (χ3v) is 4.26. The second-order valence-corrected chi connectivity index (χ2v) is 5.78. The lowest BCUT2D eigenvalue weighted by atomic mass is 10.2. The standard InChI is InChI=1S/C13H20N2O2S/c1-2-5-10-8-12(18-9-13(16)17)15(14-10)11-6-3-4-7-11/h8,11H,2-7,9H2,1H3,(H,16,17). The first-order valence-corrected chi connectivity index (χ1v) is 7.62. The molecule has 0 amide bonds. The number of aromatic nitrogens is 2. The molecule has 2 rings (SSSR count). The SMILES string of the molecule is CCCc1cc(SCC(=O)O)n(C2CCCC2)n1. The molecule has 1 heterocycles. The zero-order chi connectivity index (χ0) is 13.0. The summed E-state index contributed by atoms with van der Waals surface area (Å²) in [5.41, 5.74) is 1.09. The van der Waals surface area contributed by atoms with Gasteiger partial charge in [-0.2, -0.15) is 5.10 Å². The number of thioether (sulfide) groups is 1. The first-order valence-electron chi connectivity index (χ1n) is 6.63. The molecular weight excluding hydrogens is 248 g/mol. The number of hydrogen-bond donors (Lipinski definition) is 1. The first-order chi connectivity index (χ1) is 8.70. The fraction of sp³-hybridized carbons (Fsp3) is 0.692. The van der Waals surface area contributed by atoms with Crippen LogP contribution in [0.3, 0.4) is 0 Å². The van der Waals surface area contributed by atoms with Crippen LogP contribution in [0.2, 0.25) is 0 Å². The van der Waals surface area contributed by atoms with Crippen molar-refractivity contribution in [2.75, 3.05) is 5.75 Å². The average Bonchev–Trinajstić information content (AvgIpc) is 2.94. The molecule has 5 heteroatoms. The van der Waals surface area contributed by atoms with Crippen molar-refractivity contribution in [3.63, 3.8) is 0 Å². The first kappa shape index (κ1) is 13.5. The Hall–Kier alpha value is -0.970. The van der Waals surface area contributed by atoms with E-state index < -0.39 is 5.97 Å². The molecule has 1 aromatic rings. The Morgan fingerprint density at radius 1 is 1.56 bits per heavy atom. The van der Waals surface area contributed by atoms with Crippen molar-refractivity contribution in [2.24, 2.45) is 0 Å². The van der Waals surface area contributed by atoms with Gasteiger partial charge in [0.25, 0.3) is 0 Å². The number of hydrogen-bond acceptors (Lipinski definition) is 3. The Balaban J connectivity index is 2.15. The van der Waals surface area contributed by atoms with Gasteiger partial charge in [0, 0.05) is 0 Å². The average molecular weight is 268 g/mol. The van der Waals surface area contributed by atoms with Crippen LogP contribution >= 0.6 is 11.8 Å². The molecule has 1 N–H and O–H groups in total. The summed E-state index contributed by atoms with van der Waals surface area (Å²) in [6.07, 6.45) is 6.92. The highest BCUT2D eigenvalue weighted by atomic mass is 32.2. The van der Waals surface area contributed by atoms with Gasteiger partial charge in [0.15, 0.2) is 0 Å². The van der Waals surface area contributed by atoms with Gasteiger partial charge < -0.3 is 5.11 Å². The van der Waals surface area contributed by atoms with Crippen LogP contribution in [0.4, 0.5) is 0 Å². The van der Waals surface area contributed by atoms with Crippen molar-refractivity contribution in [1.29, 1.82) is 0 Å². The lowest BCUT2D eigenvalue weighted by Crippen LogP contribution is -2.09. The minimum Gasteiger partial charge on any atom is -0.481 e. The van der Waals surface area contributed by atoms with E-state index in [0.717, 1.165) is 23.6 Å². The Labute approximate surface area is 112 Å². The van der Waals surface area contributed by atoms with E-state index in [-0.39, 0.29) is 5.75 Å². The van der Waals surface area contributed by atoms with Crippen molar-refractivity contribution in [2.45, 2.75) is 56.5 Å². The van der Waals surface area contributed by atoms with E-state index >= 15 is 0 Å². The largest absolute Gasteiger partial charge is 0.481 e. The van der Waals surface area contributed by atoms with Gasteiger partial charge in [-0.15, -0.1) is 0 Å². The van der Waals surface area contributed by atoms with Gasteiger partial charge in [0.05, 0.1) is 22.5 Å². The molecule has 0 aromatic carbocycles. The molecule has 1 aliphatic carbocycles. The Morgan fingerprint density at radius 3 is 2.89 bits per heavy atom. The molecule has 0 bridgehead atoms. The van der Waals surface area contributed by atoms with E-state index in [1.54, 1.807) is 0 Å². The summed E-state index contributed by atoms with van der Waals surface area (Å²) in [5.74, 6) is -0.652. The maximum absolute atomic E-state index is 10.7. The fourth-order valence-electron chi connectivity index (χ4n) is 2.46. The lowest BCUT2D eigenvalue weighted by Gasteiger charge is -2.13. The molecular formula is C13H20N2O2S. The summed E-state index contributed by atoms with van der Waals surface area (Å²) in [7, 11) is 0. The molecule has 1 aliphatic rings.